The van der Waals surface area contributed by atoms with Crippen LogP contribution in [0.2, 0.25) is 0 Å². The summed E-state index contributed by atoms with van der Waals surface area (Å²) >= 11 is 0. The third kappa shape index (κ3) is 7.98. The maximum Gasteiger partial charge on any atom is 0.371 e. The van der Waals surface area contributed by atoms with Crippen LogP contribution in [0.1, 0.15) is 5.56 Å². The molecule has 0 fully saturated rings. The van der Waals surface area contributed by atoms with Crippen LogP contribution in [-0.2, 0) is 17.8 Å². The number of carbonyl (C=O) groups is 1. The van der Waals surface area contributed by atoms with E-state index >= 15 is 0 Å². The molecule has 0 saturated heterocycles. The van der Waals surface area contributed by atoms with Crippen molar-refractivity contribution in [2.24, 2.45) is 0 Å². The summed E-state index contributed by atoms with van der Waals surface area (Å²) < 4.78 is 14.2. The smallest absolute Gasteiger partial charge is 0.371 e. The summed E-state index contributed by atoms with van der Waals surface area (Å²) in [5, 5.41) is 8.64. The van der Waals surface area contributed by atoms with Crippen LogP contribution in [0.4, 0.5) is 0 Å². The predicted octanol–water partition coefficient (Wildman–Crippen LogP) is -1.66. The summed E-state index contributed by atoms with van der Waals surface area (Å²) in [6, 6.07) is 9.15. The number of carboxylic acid groups (broad SMARTS) is 1. The largest absolute Gasteiger partial charge is 0.490 e. The van der Waals surface area contributed by atoms with Gasteiger partial charge in [0.2, 0.25) is 5.76 Å². The third-order valence-electron chi connectivity index (χ3n) is 1.76. The zero-order valence-electron chi connectivity index (χ0n) is 10.8. The molecule has 1 aromatic rings. The summed E-state index contributed by atoms with van der Waals surface area (Å²) in [6.45, 7) is 0. The van der Waals surface area contributed by atoms with Gasteiger partial charge in [-0.25, -0.2) is 4.79 Å². The highest BCUT2D eigenvalue weighted by atomic mass is 28.3. The van der Waals surface area contributed by atoms with Crippen molar-refractivity contribution in [2.75, 3.05) is 7.11 Å². The van der Waals surface area contributed by atoms with Crippen LogP contribution in [0.5, 0.6) is 0 Å². The van der Waals surface area contributed by atoms with Gasteiger partial charge < -0.3 is 18.1 Å². The second kappa shape index (κ2) is 10.9. The van der Waals surface area contributed by atoms with Crippen LogP contribution in [0.25, 0.3) is 6.08 Å². The van der Waals surface area contributed by atoms with Crippen LogP contribution in [0.15, 0.2) is 36.1 Å². The Labute approximate surface area is 115 Å². The van der Waals surface area contributed by atoms with Crippen LogP contribution in [0, 0.1) is 0 Å². The van der Waals surface area contributed by atoms with Crippen LogP contribution < -0.4 is 0 Å². The zero-order chi connectivity index (χ0) is 13.8. The summed E-state index contributed by atoms with van der Waals surface area (Å²) in [5.41, 5.74) is 0.807. The lowest BCUT2D eigenvalue weighted by Crippen LogP contribution is -2.01. The normalized spacial score (nSPS) is 11.3. The van der Waals surface area contributed by atoms with E-state index in [4.69, 9.17) is 13.3 Å². The molecule has 1 aromatic carbocycles. The van der Waals surface area contributed by atoms with E-state index in [1.807, 2.05) is 30.3 Å². The molecule has 100 valence electrons. The van der Waals surface area contributed by atoms with Gasteiger partial charge in [0, 0.05) is 0 Å². The van der Waals surface area contributed by atoms with E-state index in [2.05, 4.69) is 4.74 Å². The standard InChI is InChI=1S/C10H10O3.H8O2Si3/c1-13-9(10(11)12)7-8-5-3-2-4-6-8;3-1-5-2-4/h2-7H,1H3,(H,11,12);5H2,3-4H3. The highest BCUT2D eigenvalue weighted by Gasteiger charge is 2.05. The zero-order valence-corrected chi connectivity index (χ0v) is 16.2. The van der Waals surface area contributed by atoms with Gasteiger partial charge in [0.15, 0.2) is 0 Å². The molecule has 0 radical (unpaired) electrons. The molecule has 18 heavy (non-hydrogen) atoms. The minimum atomic E-state index is -1.06. The van der Waals surface area contributed by atoms with Crippen molar-refractivity contribution >= 4 is 43.0 Å². The molecule has 0 bridgehead atoms. The molecule has 0 aliphatic carbocycles. The maximum atomic E-state index is 10.5. The number of benzene rings is 1. The van der Waals surface area contributed by atoms with E-state index < -0.39 is 16.0 Å². The van der Waals surface area contributed by atoms with E-state index in [0.717, 1.165) is 26.5 Å². The maximum absolute atomic E-state index is 10.5. The van der Waals surface area contributed by atoms with Gasteiger partial charge in [0.1, 0.15) is 21.0 Å². The molecule has 1 N–H and O–H groups in total. The molecule has 0 aliphatic heterocycles. The number of carboxylic acids is 1. The second-order valence-electron chi connectivity index (χ2n) is 3.12. The minimum Gasteiger partial charge on any atom is -0.490 e. The Kier molecular flexibility index (Phi) is 10.2. The van der Waals surface area contributed by atoms with E-state index in [1.165, 1.54) is 13.2 Å². The van der Waals surface area contributed by atoms with Gasteiger partial charge in [0.05, 0.1) is 7.11 Å². The molecular formula is C10H18O5Si3. The Hall–Kier alpha value is -1.20. The molecular weight excluding hydrogens is 284 g/mol. The summed E-state index contributed by atoms with van der Waals surface area (Å²) in [4.78, 5) is 10.5. The van der Waals surface area contributed by atoms with Gasteiger partial charge in [-0.3, -0.25) is 0 Å². The number of methoxy groups -OCH3 is 1. The van der Waals surface area contributed by atoms with Crippen molar-refractivity contribution < 1.29 is 22.9 Å². The Morgan fingerprint density at radius 1 is 1.28 bits per heavy atom. The quantitative estimate of drug-likeness (QED) is 0.401. The molecule has 8 heteroatoms. The molecule has 0 atom stereocenters. The average molecular weight is 303 g/mol. The van der Waals surface area contributed by atoms with Crippen molar-refractivity contribution in [3.05, 3.63) is 41.7 Å². The van der Waals surface area contributed by atoms with E-state index in [1.54, 1.807) is 0 Å². The topological polar surface area (TPSA) is 65.0 Å². The summed E-state index contributed by atoms with van der Waals surface area (Å²) in [7, 11) is 2.61. The number of ether oxygens (including phenoxy) is 1. The van der Waals surface area contributed by atoms with Crippen molar-refractivity contribution in [1.29, 1.82) is 0 Å². The number of aliphatic carboxylic acids is 1. The first-order valence-corrected chi connectivity index (χ1v) is 7.96. The first-order chi connectivity index (χ1) is 8.65. The summed E-state index contributed by atoms with van der Waals surface area (Å²) in [5.74, 6) is -1.13. The molecule has 0 amide bonds. The Balaban J connectivity index is 0.000000494. The summed E-state index contributed by atoms with van der Waals surface area (Å²) in [6.07, 6.45) is 1.47. The van der Waals surface area contributed by atoms with E-state index in [9.17, 15) is 4.79 Å². The number of rotatable bonds is 5. The molecule has 1 rings (SSSR count). The van der Waals surface area contributed by atoms with Gasteiger partial charge in [-0.1, -0.05) is 30.3 Å². The van der Waals surface area contributed by atoms with Crippen LogP contribution in [0.3, 0.4) is 0 Å². The van der Waals surface area contributed by atoms with Gasteiger partial charge in [-0.05, 0) is 11.6 Å². The molecule has 0 heterocycles. The van der Waals surface area contributed by atoms with Crippen molar-refractivity contribution in [3.8, 4) is 0 Å². The fourth-order valence-corrected chi connectivity index (χ4v) is 4.09. The van der Waals surface area contributed by atoms with Crippen LogP contribution in [-0.4, -0.2) is 49.2 Å². The highest BCUT2D eigenvalue weighted by molar-refractivity contribution is 6.33. The highest BCUT2D eigenvalue weighted by Crippen LogP contribution is 2.06. The number of hydrogen-bond donors (Lipinski definition) is 1. The van der Waals surface area contributed by atoms with E-state index in [-0.39, 0.29) is 5.76 Å². The van der Waals surface area contributed by atoms with Gasteiger partial charge in [0.25, 0.3) is 10.0 Å². The monoisotopic (exact) mass is 302 g/mol. The van der Waals surface area contributed by atoms with E-state index in [0.29, 0.717) is 0 Å². The van der Waals surface area contributed by atoms with Gasteiger partial charge in [-0.2, -0.15) is 0 Å². The number of hydrogen-bond acceptors (Lipinski definition) is 4. The molecule has 0 aromatic heterocycles. The fourth-order valence-electron chi connectivity index (χ4n) is 1.03. The average Bonchev–Trinajstić information content (AvgIpc) is 2.38. The molecule has 5 nitrogen and oxygen atoms in total. The minimum absolute atomic E-state index is 0.0637. The first kappa shape index (κ1) is 16.8. The Bertz CT molecular complexity index is 367. The Morgan fingerprint density at radius 2 is 1.83 bits per heavy atom. The fraction of sp³-hybridized carbons (Fsp3) is 0.100. The Morgan fingerprint density at radius 3 is 2.17 bits per heavy atom. The predicted molar refractivity (Wildman–Crippen MR) is 79.7 cm³/mol. The third-order valence-corrected chi connectivity index (χ3v) is 3.65. The lowest BCUT2D eigenvalue weighted by molar-refractivity contribution is -0.135. The van der Waals surface area contributed by atoms with Crippen molar-refractivity contribution in [3.63, 3.8) is 0 Å². The SMILES string of the molecule is COC(=Cc1ccccc1)C(=O)O.[SiH3]O[SiH2]O[SiH3]. The second-order valence-corrected chi connectivity index (χ2v) is 7.98. The van der Waals surface area contributed by atoms with Gasteiger partial charge in [-0.15, -0.1) is 0 Å². The molecule has 0 aliphatic rings. The molecule has 0 spiro atoms. The lowest BCUT2D eigenvalue weighted by atomic mass is 10.2. The molecule has 0 unspecified atom stereocenters. The van der Waals surface area contributed by atoms with Crippen LogP contribution >= 0.6 is 0 Å². The molecule has 0 saturated carbocycles. The van der Waals surface area contributed by atoms with Crippen molar-refractivity contribution in [2.45, 2.75) is 0 Å². The lowest BCUT2D eigenvalue weighted by Gasteiger charge is -1.99. The van der Waals surface area contributed by atoms with Crippen molar-refractivity contribution in [1.82, 2.24) is 0 Å². The first-order valence-electron chi connectivity index (χ1n) is 5.17. The van der Waals surface area contributed by atoms with Gasteiger partial charge >= 0.3 is 5.97 Å².